The molecule has 116 valence electrons. The number of carbonyl (C=O) groups excluding carboxylic acids is 1. The standard InChI is InChI=1S/C16H17ClN2O2S/c17-12-4-1-2-5-13(12)18-16(20)19-8-7-15(22-11-9-19)14-6-3-10-21-14/h1-6,10,15H,7-9,11H2,(H,18,20). The summed E-state index contributed by atoms with van der Waals surface area (Å²) in [7, 11) is 0. The van der Waals surface area contributed by atoms with Crippen molar-refractivity contribution in [2.24, 2.45) is 0 Å². The lowest BCUT2D eigenvalue weighted by Crippen LogP contribution is -2.36. The van der Waals surface area contributed by atoms with Gasteiger partial charge in [-0.25, -0.2) is 4.79 Å². The van der Waals surface area contributed by atoms with Crippen LogP contribution in [0.5, 0.6) is 0 Å². The molecule has 3 rings (SSSR count). The number of thioether (sulfide) groups is 1. The van der Waals surface area contributed by atoms with Crippen molar-refractivity contribution in [3.63, 3.8) is 0 Å². The zero-order valence-corrected chi connectivity index (χ0v) is 13.6. The van der Waals surface area contributed by atoms with Gasteiger partial charge in [0.2, 0.25) is 0 Å². The minimum atomic E-state index is -0.103. The number of nitrogens with zero attached hydrogens (tertiary/aromatic N) is 1. The highest BCUT2D eigenvalue weighted by atomic mass is 35.5. The maximum atomic E-state index is 12.4. The van der Waals surface area contributed by atoms with E-state index in [0.29, 0.717) is 22.5 Å². The van der Waals surface area contributed by atoms with E-state index in [9.17, 15) is 4.79 Å². The fourth-order valence-electron chi connectivity index (χ4n) is 2.43. The lowest BCUT2D eigenvalue weighted by Gasteiger charge is -2.21. The van der Waals surface area contributed by atoms with E-state index in [0.717, 1.165) is 24.5 Å². The first kappa shape index (κ1) is 15.3. The Morgan fingerprint density at radius 1 is 1.27 bits per heavy atom. The van der Waals surface area contributed by atoms with Gasteiger partial charge in [0.1, 0.15) is 5.76 Å². The summed E-state index contributed by atoms with van der Waals surface area (Å²) in [5, 5.41) is 3.74. The molecule has 0 spiro atoms. The number of furan rings is 1. The molecule has 1 aliphatic rings. The Morgan fingerprint density at radius 2 is 2.14 bits per heavy atom. The number of benzene rings is 1. The van der Waals surface area contributed by atoms with Crippen LogP contribution in [0.25, 0.3) is 0 Å². The van der Waals surface area contributed by atoms with Gasteiger partial charge in [0.25, 0.3) is 0 Å². The average Bonchev–Trinajstić information content (AvgIpc) is 2.94. The van der Waals surface area contributed by atoms with Gasteiger partial charge in [0.15, 0.2) is 0 Å². The van der Waals surface area contributed by atoms with Gasteiger partial charge in [0.05, 0.1) is 22.2 Å². The van der Waals surface area contributed by atoms with Crippen molar-refractivity contribution in [2.45, 2.75) is 11.7 Å². The molecular formula is C16H17ClN2O2S. The molecule has 0 saturated carbocycles. The fourth-order valence-corrected chi connectivity index (χ4v) is 3.80. The summed E-state index contributed by atoms with van der Waals surface area (Å²) >= 11 is 7.91. The summed E-state index contributed by atoms with van der Waals surface area (Å²) in [5.74, 6) is 1.87. The highest BCUT2D eigenvalue weighted by molar-refractivity contribution is 7.99. The molecule has 0 aliphatic carbocycles. The van der Waals surface area contributed by atoms with Crippen LogP contribution in [0.15, 0.2) is 47.1 Å². The zero-order valence-electron chi connectivity index (χ0n) is 12.0. The van der Waals surface area contributed by atoms with Crippen molar-refractivity contribution in [2.75, 3.05) is 24.2 Å². The number of anilines is 1. The molecule has 1 aromatic carbocycles. The topological polar surface area (TPSA) is 45.5 Å². The van der Waals surface area contributed by atoms with E-state index in [1.807, 2.05) is 40.9 Å². The second-order valence-electron chi connectivity index (χ2n) is 5.06. The smallest absolute Gasteiger partial charge is 0.321 e. The summed E-state index contributed by atoms with van der Waals surface area (Å²) < 4.78 is 5.48. The predicted molar refractivity (Wildman–Crippen MR) is 90.6 cm³/mol. The molecule has 1 aliphatic heterocycles. The van der Waals surface area contributed by atoms with Crippen molar-refractivity contribution in [3.05, 3.63) is 53.4 Å². The van der Waals surface area contributed by atoms with Crippen LogP contribution < -0.4 is 5.32 Å². The number of hydrogen-bond acceptors (Lipinski definition) is 3. The molecule has 1 aromatic heterocycles. The molecule has 1 N–H and O–H groups in total. The second kappa shape index (κ2) is 7.11. The lowest BCUT2D eigenvalue weighted by molar-refractivity contribution is 0.214. The van der Waals surface area contributed by atoms with Crippen molar-refractivity contribution >= 4 is 35.1 Å². The van der Waals surface area contributed by atoms with E-state index in [4.69, 9.17) is 16.0 Å². The zero-order chi connectivity index (χ0) is 15.4. The Morgan fingerprint density at radius 3 is 2.91 bits per heavy atom. The van der Waals surface area contributed by atoms with Crippen molar-refractivity contribution in [1.29, 1.82) is 0 Å². The van der Waals surface area contributed by atoms with Gasteiger partial charge in [-0.1, -0.05) is 23.7 Å². The van der Waals surface area contributed by atoms with Crippen LogP contribution >= 0.6 is 23.4 Å². The Labute approximate surface area is 138 Å². The van der Waals surface area contributed by atoms with Gasteiger partial charge in [-0.15, -0.1) is 11.8 Å². The minimum absolute atomic E-state index is 0.103. The van der Waals surface area contributed by atoms with Crippen LogP contribution in [0, 0.1) is 0 Å². The van der Waals surface area contributed by atoms with Crippen LogP contribution in [-0.2, 0) is 0 Å². The number of rotatable bonds is 2. The number of urea groups is 1. The summed E-state index contributed by atoms with van der Waals surface area (Å²) in [5.41, 5.74) is 0.647. The number of hydrogen-bond donors (Lipinski definition) is 1. The molecule has 1 atom stereocenters. The Balaban J connectivity index is 1.61. The predicted octanol–water partition coefficient (Wildman–Crippen LogP) is 4.65. The minimum Gasteiger partial charge on any atom is -0.468 e. The fraction of sp³-hybridized carbons (Fsp3) is 0.312. The van der Waals surface area contributed by atoms with Crippen molar-refractivity contribution in [3.8, 4) is 0 Å². The number of amides is 2. The quantitative estimate of drug-likeness (QED) is 0.868. The maximum Gasteiger partial charge on any atom is 0.321 e. The molecular weight excluding hydrogens is 320 g/mol. The molecule has 0 bridgehead atoms. The van der Waals surface area contributed by atoms with Gasteiger partial charge >= 0.3 is 6.03 Å². The first-order chi connectivity index (χ1) is 10.7. The van der Waals surface area contributed by atoms with Gasteiger partial charge in [-0.3, -0.25) is 0 Å². The highest BCUT2D eigenvalue weighted by Crippen LogP contribution is 2.34. The third-order valence-corrected chi connectivity index (χ3v) is 5.22. The first-order valence-corrected chi connectivity index (χ1v) is 8.62. The van der Waals surface area contributed by atoms with Gasteiger partial charge in [-0.05, 0) is 30.7 Å². The van der Waals surface area contributed by atoms with Gasteiger partial charge < -0.3 is 14.6 Å². The molecule has 1 fully saturated rings. The SMILES string of the molecule is O=C(Nc1ccccc1Cl)N1CCSC(c2ccco2)CC1. The second-order valence-corrected chi connectivity index (χ2v) is 6.78. The molecule has 4 nitrogen and oxygen atoms in total. The molecule has 2 amide bonds. The molecule has 22 heavy (non-hydrogen) atoms. The number of nitrogens with one attached hydrogen (secondary N) is 1. The first-order valence-electron chi connectivity index (χ1n) is 7.19. The van der Waals surface area contributed by atoms with Crippen LogP contribution in [0.2, 0.25) is 5.02 Å². The Bertz CT molecular complexity index is 633. The number of carbonyl (C=O) groups is 1. The van der Waals surface area contributed by atoms with E-state index in [2.05, 4.69) is 5.32 Å². The van der Waals surface area contributed by atoms with E-state index in [-0.39, 0.29) is 6.03 Å². The van der Waals surface area contributed by atoms with E-state index < -0.39 is 0 Å². The van der Waals surface area contributed by atoms with E-state index >= 15 is 0 Å². The number of para-hydroxylation sites is 1. The lowest BCUT2D eigenvalue weighted by atomic mass is 10.2. The summed E-state index contributed by atoms with van der Waals surface area (Å²) in [6, 6.07) is 11.1. The van der Waals surface area contributed by atoms with E-state index in [1.165, 1.54) is 0 Å². The monoisotopic (exact) mass is 336 g/mol. The van der Waals surface area contributed by atoms with Crippen LogP contribution in [0.1, 0.15) is 17.4 Å². The maximum absolute atomic E-state index is 12.4. The molecule has 6 heteroatoms. The summed E-state index contributed by atoms with van der Waals surface area (Å²) in [4.78, 5) is 14.2. The molecule has 1 unspecified atom stereocenters. The van der Waals surface area contributed by atoms with Crippen LogP contribution in [0.3, 0.4) is 0 Å². The summed E-state index contributed by atoms with van der Waals surface area (Å²) in [6.45, 7) is 1.42. The highest BCUT2D eigenvalue weighted by Gasteiger charge is 2.23. The summed E-state index contributed by atoms with van der Waals surface area (Å²) in [6.07, 6.45) is 2.58. The average molecular weight is 337 g/mol. The molecule has 2 aromatic rings. The largest absolute Gasteiger partial charge is 0.468 e. The van der Waals surface area contributed by atoms with Gasteiger partial charge in [0, 0.05) is 18.8 Å². The van der Waals surface area contributed by atoms with E-state index in [1.54, 1.807) is 18.4 Å². The third-order valence-electron chi connectivity index (χ3n) is 3.60. The molecule has 0 radical (unpaired) electrons. The Hall–Kier alpha value is -1.59. The molecule has 2 heterocycles. The third kappa shape index (κ3) is 3.59. The van der Waals surface area contributed by atoms with Crippen LogP contribution in [0.4, 0.5) is 10.5 Å². The van der Waals surface area contributed by atoms with Gasteiger partial charge in [-0.2, -0.15) is 0 Å². The van der Waals surface area contributed by atoms with Crippen LogP contribution in [-0.4, -0.2) is 29.8 Å². The Kier molecular flexibility index (Phi) is 4.95. The van der Waals surface area contributed by atoms with Crippen molar-refractivity contribution < 1.29 is 9.21 Å². The molecule has 1 saturated heterocycles. The number of halogens is 1. The van der Waals surface area contributed by atoms with Crippen molar-refractivity contribution in [1.82, 2.24) is 4.90 Å². The normalized spacial score (nSPS) is 18.8.